The summed E-state index contributed by atoms with van der Waals surface area (Å²) < 4.78 is 29.3. The van der Waals surface area contributed by atoms with Crippen LogP contribution in [0.2, 0.25) is 0 Å². The Hall–Kier alpha value is -2.15. The van der Waals surface area contributed by atoms with Gasteiger partial charge in [-0.3, -0.25) is 4.79 Å². The zero-order valence-electron chi connectivity index (χ0n) is 13.0. The molecule has 0 spiro atoms. The fourth-order valence-electron chi connectivity index (χ4n) is 2.90. The van der Waals surface area contributed by atoms with Crippen molar-refractivity contribution in [1.82, 2.24) is 10.5 Å². The predicted octanol–water partition coefficient (Wildman–Crippen LogP) is 1.87. The molecule has 0 saturated heterocycles. The highest BCUT2D eigenvalue weighted by Crippen LogP contribution is 2.31. The van der Waals surface area contributed by atoms with E-state index in [1.807, 2.05) is 0 Å². The van der Waals surface area contributed by atoms with Gasteiger partial charge in [-0.15, -0.1) is 0 Å². The Labute approximate surface area is 134 Å². The molecular weight excluding hydrogens is 316 g/mol. The molecule has 0 saturated carbocycles. The zero-order valence-corrected chi connectivity index (χ0v) is 13.8. The molecule has 1 aliphatic heterocycles. The smallest absolute Gasteiger partial charge is 0.225 e. The maximum atomic E-state index is 12.3. The standard InChI is InChI=1S/C16H18N2O4S/c1-10-13(11(2)22-18-10)9-16(19)17-14-7-8-23(20,21)15-6-4-3-5-12(14)15/h3-6,14H,7-9H2,1-2H3,(H,17,19)/t14-/m0/s1. The molecule has 1 aromatic heterocycles. The first-order valence-electron chi connectivity index (χ1n) is 7.41. The number of nitrogens with zero attached hydrogens (tertiary/aromatic N) is 1. The van der Waals surface area contributed by atoms with Crippen LogP contribution in [-0.2, 0) is 21.1 Å². The van der Waals surface area contributed by atoms with Crippen molar-refractivity contribution in [3.63, 3.8) is 0 Å². The number of hydrogen-bond donors (Lipinski definition) is 1. The summed E-state index contributed by atoms with van der Waals surface area (Å²) in [6.45, 7) is 3.56. The Bertz CT molecular complexity index is 835. The average molecular weight is 334 g/mol. The largest absolute Gasteiger partial charge is 0.361 e. The molecule has 1 atom stereocenters. The normalized spacial score (nSPS) is 19.1. The lowest BCUT2D eigenvalue weighted by Gasteiger charge is -2.26. The monoisotopic (exact) mass is 334 g/mol. The summed E-state index contributed by atoms with van der Waals surface area (Å²) in [4.78, 5) is 12.6. The molecule has 0 aliphatic carbocycles. The second-order valence-electron chi connectivity index (χ2n) is 5.74. The van der Waals surface area contributed by atoms with E-state index in [2.05, 4.69) is 10.5 Å². The molecule has 0 unspecified atom stereocenters. The van der Waals surface area contributed by atoms with Crippen molar-refractivity contribution in [1.29, 1.82) is 0 Å². The van der Waals surface area contributed by atoms with Crippen LogP contribution >= 0.6 is 0 Å². The minimum Gasteiger partial charge on any atom is -0.361 e. The molecule has 2 aromatic rings. The van der Waals surface area contributed by atoms with Crippen molar-refractivity contribution >= 4 is 15.7 Å². The number of benzene rings is 1. The molecule has 0 radical (unpaired) electrons. The van der Waals surface area contributed by atoms with E-state index in [4.69, 9.17) is 4.52 Å². The van der Waals surface area contributed by atoms with Crippen molar-refractivity contribution in [2.75, 3.05) is 5.75 Å². The number of amides is 1. The number of fused-ring (bicyclic) bond motifs is 1. The Morgan fingerprint density at radius 2 is 2.09 bits per heavy atom. The maximum Gasteiger partial charge on any atom is 0.225 e. The third-order valence-electron chi connectivity index (χ3n) is 4.16. The van der Waals surface area contributed by atoms with Gasteiger partial charge in [-0.1, -0.05) is 23.4 Å². The number of carbonyl (C=O) groups excluding carboxylic acids is 1. The summed E-state index contributed by atoms with van der Waals surface area (Å²) >= 11 is 0. The topological polar surface area (TPSA) is 89.3 Å². The van der Waals surface area contributed by atoms with Crippen LogP contribution in [0.4, 0.5) is 0 Å². The quantitative estimate of drug-likeness (QED) is 0.925. The number of sulfone groups is 1. The fourth-order valence-corrected chi connectivity index (χ4v) is 4.52. The Morgan fingerprint density at radius 1 is 1.35 bits per heavy atom. The van der Waals surface area contributed by atoms with Crippen molar-refractivity contribution in [3.8, 4) is 0 Å². The van der Waals surface area contributed by atoms with Crippen LogP contribution in [0.15, 0.2) is 33.7 Å². The molecule has 1 N–H and O–H groups in total. The van der Waals surface area contributed by atoms with Crippen molar-refractivity contribution in [3.05, 3.63) is 46.8 Å². The lowest BCUT2D eigenvalue weighted by atomic mass is 10.0. The van der Waals surface area contributed by atoms with Crippen LogP contribution in [0, 0.1) is 13.8 Å². The molecule has 1 aliphatic rings. The van der Waals surface area contributed by atoms with Gasteiger partial charge in [0, 0.05) is 5.56 Å². The minimum atomic E-state index is -3.25. The average Bonchev–Trinajstić information content (AvgIpc) is 2.82. The van der Waals surface area contributed by atoms with E-state index in [1.165, 1.54) is 0 Å². The molecule has 122 valence electrons. The number of hydrogen-bond acceptors (Lipinski definition) is 5. The van der Waals surface area contributed by atoms with Gasteiger partial charge >= 0.3 is 0 Å². The summed E-state index contributed by atoms with van der Waals surface area (Å²) in [6, 6.07) is 6.55. The molecule has 6 nitrogen and oxygen atoms in total. The van der Waals surface area contributed by atoms with E-state index in [9.17, 15) is 13.2 Å². The van der Waals surface area contributed by atoms with Crippen LogP contribution in [-0.4, -0.2) is 25.2 Å². The van der Waals surface area contributed by atoms with Crippen LogP contribution in [0.1, 0.15) is 35.0 Å². The third-order valence-corrected chi connectivity index (χ3v) is 5.97. The molecule has 0 fully saturated rings. The van der Waals surface area contributed by atoms with E-state index >= 15 is 0 Å². The molecule has 3 rings (SSSR count). The van der Waals surface area contributed by atoms with Gasteiger partial charge in [-0.05, 0) is 31.9 Å². The molecule has 23 heavy (non-hydrogen) atoms. The maximum absolute atomic E-state index is 12.3. The number of nitrogens with one attached hydrogen (secondary N) is 1. The highest BCUT2D eigenvalue weighted by molar-refractivity contribution is 7.91. The van der Waals surface area contributed by atoms with Gasteiger partial charge in [-0.2, -0.15) is 0 Å². The third kappa shape index (κ3) is 3.01. The molecule has 1 aromatic carbocycles. The second-order valence-corrected chi connectivity index (χ2v) is 7.82. The van der Waals surface area contributed by atoms with Crippen LogP contribution in [0.3, 0.4) is 0 Å². The lowest BCUT2D eigenvalue weighted by molar-refractivity contribution is -0.121. The first-order chi connectivity index (χ1) is 10.9. The van der Waals surface area contributed by atoms with Gasteiger partial charge in [-0.25, -0.2) is 8.42 Å². The van der Waals surface area contributed by atoms with Crippen LogP contribution in [0.25, 0.3) is 0 Å². The molecule has 1 amide bonds. The van der Waals surface area contributed by atoms with Gasteiger partial charge < -0.3 is 9.84 Å². The highest BCUT2D eigenvalue weighted by Gasteiger charge is 2.30. The van der Waals surface area contributed by atoms with Crippen molar-refractivity contribution in [2.45, 2.75) is 37.6 Å². The SMILES string of the molecule is Cc1noc(C)c1CC(=O)N[C@H]1CCS(=O)(=O)c2ccccc21. The van der Waals surface area contributed by atoms with E-state index in [1.54, 1.807) is 38.1 Å². The summed E-state index contributed by atoms with van der Waals surface area (Å²) in [5, 5.41) is 6.77. The van der Waals surface area contributed by atoms with E-state index in [-0.39, 0.29) is 24.1 Å². The summed E-state index contributed by atoms with van der Waals surface area (Å²) in [7, 11) is -3.25. The van der Waals surface area contributed by atoms with Gasteiger partial charge in [0.15, 0.2) is 9.84 Å². The fraction of sp³-hybridized carbons (Fsp3) is 0.375. The molecular formula is C16H18N2O4S. The van der Waals surface area contributed by atoms with Gasteiger partial charge in [0.2, 0.25) is 5.91 Å². The Morgan fingerprint density at radius 3 is 2.78 bits per heavy atom. The zero-order chi connectivity index (χ0) is 16.6. The number of aromatic nitrogens is 1. The van der Waals surface area contributed by atoms with Crippen molar-refractivity contribution < 1.29 is 17.7 Å². The van der Waals surface area contributed by atoms with E-state index in [0.717, 1.165) is 5.56 Å². The van der Waals surface area contributed by atoms with Gasteiger partial charge in [0.25, 0.3) is 0 Å². The first-order valence-corrected chi connectivity index (χ1v) is 9.06. The molecule has 0 bridgehead atoms. The van der Waals surface area contributed by atoms with Gasteiger partial charge in [0.05, 0.1) is 28.8 Å². The number of rotatable bonds is 3. The lowest BCUT2D eigenvalue weighted by Crippen LogP contribution is -2.34. The number of carbonyl (C=O) groups is 1. The Balaban J connectivity index is 1.80. The predicted molar refractivity (Wildman–Crippen MR) is 83.7 cm³/mol. The van der Waals surface area contributed by atoms with Crippen LogP contribution in [0.5, 0.6) is 0 Å². The minimum absolute atomic E-state index is 0.0419. The summed E-state index contributed by atoms with van der Waals surface area (Å²) in [5.74, 6) is 0.503. The van der Waals surface area contributed by atoms with Crippen LogP contribution < -0.4 is 5.32 Å². The first kappa shape index (κ1) is 15.7. The summed E-state index contributed by atoms with van der Waals surface area (Å²) in [6.07, 6.45) is 0.555. The number of aryl methyl sites for hydroxylation is 2. The van der Waals surface area contributed by atoms with Gasteiger partial charge in [0.1, 0.15) is 5.76 Å². The summed E-state index contributed by atoms with van der Waals surface area (Å²) in [5.41, 5.74) is 2.13. The van der Waals surface area contributed by atoms with E-state index in [0.29, 0.717) is 28.3 Å². The molecule has 2 heterocycles. The highest BCUT2D eigenvalue weighted by atomic mass is 32.2. The van der Waals surface area contributed by atoms with Crippen molar-refractivity contribution in [2.24, 2.45) is 0 Å². The Kier molecular flexibility index (Phi) is 3.97. The second kappa shape index (κ2) is 5.81. The van der Waals surface area contributed by atoms with E-state index < -0.39 is 9.84 Å². The molecule has 7 heteroatoms.